The molecule has 3 aromatic rings. The molecule has 1 fully saturated rings. The molecule has 0 bridgehead atoms. The predicted octanol–water partition coefficient (Wildman–Crippen LogP) is 4.71. The maximum atomic E-state index is 13.8. The van der Waals surface area contributed by atoms with Crippen molar-refractivity contribution in [3.63, 3.8) is 0 Å². The van der Waals surface area contributed by atoms with Gasteiger partial charge in [0, 0.05) is 36.5 Å². The van der Waals surface area contributed by atoms with E-state index in [1.807, 2.05) is 29.3 Å². The van der Waals surface area contributed by atoms with Gasteiger partial charge in [0.25, 0.3) is 5.91 Å². The highest BCUT2D eigenvalue weighted by atomic mass is 32.1. The van der Waals surface area contributed by atoms with E-state index in [1.165, 1.54) is 26.4 Å². The van der Waals surface area contributed by atoms with E-state index < -0.39 is 0 Å². The van der Waals surface area contributed by atoms with Crippen molar-refractivity contribution in [1.29, 1.82) is 0 Å². The first kappa shape index (κ1) is 27.3. The lowest BCUT2D eigenvalue weighted by Gasteiger charge is -2.34. The molecule has 37 heavy (non-hydrogen) atoms. The highest BCUT2D eigenvalue weighted by Gasteiger charge is 2.23. The molecule has 2 heterocycles. The number of piperidine rings is 1. The van der Waals surface area contributed by atoms with E-state index in [0.29, 0.717) is 41.6 Å². The third-order valence-corrected chi connectivity index (χ3v) is 8.17. The van der Waals surface area contributed by atoms with Crippen LogP contribution in [0.3, 0.4) is 0 Å². The molecule has 1 amide bonds. The molecule has 198 valence electrons. The van der Waals surface area contributed by atoms with Gasteiger partial charge in [-0.05, 0) is 56.0 Å². The number of carbonyl (C=O) groups is 1. The third-order valence-electron chi connectivity index (χ3n) is 7.14. The van der Waals surface area contributed by atoms with Crippen LogP contribution < -0.4 is 4.74 Å². The van der Waals surface area contributed by atoms with Gasteiger partial charge in [0.1, 0.15) is 10.8 Å². The normalized spacial score (nSPS) is 16.1. The zero-order chi connectivity index (χ0) is 26.2. The molecule has 8 heteroatoms. The van der Waals surface area contributed by atoms with Gasteiger partial charge in [0.05, 0.1) is 31.7 Å². The molecule has 4 rings (SSSR count). The van der Waals surface area contributed by atoms with Crippen LogP contribution in [0.25, 0.3) is 10.4 Å². The summed E-state index contributed by atoms with van der Waals surface area (Å²) in [6.45, 7) is 4.80. The topological polar surface area (TPSA) is 86.1 Å². The molecule has 1 aromatic heterocycles. The molecule has 0 radical (unpaired) electrons. The van der Waals surface area contributed by atoms with Crippen molar-refractivity contribution < 1.29 is 19.7 Å². The van der Waals surface area contributed by atoms with E-state index >= 15 is 0 Å². The van der Waals surface area contributed by atoms with Crippen molar-refractivity contribution in [2.45, 2.75) is 58.4 Å². The Balaban J connectivity index is 1.56. The average Bonchev–Trinajstić information content (AvgIpc) is 3.41. The number of rotatable bonds is 11. The summed E-state index contributed by atoms with van der Waals surface area (Å²) < 4.78 is 5.43. The predicted molar refractivity (Wildman–Crippen MR) is 147 cm³/mol. The summed E-state index contributed by atoms with van der Waals surface area (Å²) in [5, 5.41) is 20.5. The van der Waals surface area contributed by atoms with E-state index in [-0.39, 0.29) is 19.1 Å². The second-order valence-corrected chi connectivity index (χ2v) is 10.7. The van der Waals surface area contributed by atoms with Gasteiger partial charge in [-0.3, -0.25) is 4.79 Å². The lowest BCUT2D eigenvalue weighted by molar-refractivity contribution is 0.0725. The van der Waals surface area contributed by atoms with E-state index in [4.69, 9.17) is 4.74 Å². The summed E-state index contributed by atoms with van der Waals surface area (Å²) in [6.07, 6.45) is 6.48. The number of nitrogens with zero attached hydrogens (tertiary/aromatic N) is 3. The van der Waals surface area contributed by atoms with Crippen molar-refractivity contribution in [1.82, 2.24) is 14.8 Å². The minimum Gasteiger partial charge on any atom is -0.496 e. The first-order valence-electron chi connectivity index (χ1n) is 13.0. The number of aliphatic hydroxyl groups is 2. The molecule has 1 atom stereocenters. The van der Waals surface area contributed by atoms with Crippen molar-refractivity contribution in [2.75, 3.05) is 26.7 Å². The van der Waals surface area contributed by atoms with Crippen LogP contribution in [0.1, 0.15) is 59.1 Å². The first-order valence-corrected chi connectivity index (χ1v) is 13.8. The van der Waals surface area contributed by atoms with Gasteiger partial charge in [0.2, 0.25) is 0 Å². The molecule has 0 spiro atoms. The smallest absolute Gasteiger partial charge is 0.254 e. The van der Waals surface area contributed by atoms with Crippen molar-refractivity contribution in [2.24, 2.45) is 0 Å². The molecule has 7 nitrogen and oxygen atoms in total. The highest BCUT2D eigenvalue weighted by Crippen LogP contribution is 2.29. The zero-order valence-corrected chi connectivity index (χ0v) is 22.5. The molecule has 2 aromatic carbocycles. The van der Waals surface area contributed by atoms with Crippen LogP contribution in [0.4, 0.5) is 0 Å². The number of aromatic nitrogens is 1. The lowest BCUT2D eigenvalue weighted by Crippen LogP contribution is -2.40. The highest BCUT2D eigenvalue weighted by molar-refractivity contribution is 7.15. The Bertz CT molecular complexity index is 1140. The standard InChI is InChI=1S/C29H37N3O4S/c1-21-9-6-7-12-31(21)13-8-14-32(18-28-30-17-27(37-28)22-10-4-3-5-11-22)29(35)23-15-24(19-33)25(20-34)26(16-23)36-2/h3-5,10-11,15-17,21,33-34H,6-9,12-14,18-20H2,1-2H3. The molecule has 1 unspecified atom stereocenters. The molecule has 1 aliphatic rings. The number of aliphatic hydroxyl groups excluding tert-OH is 2. The SMILES string of the molecule is COc1cc(C(=O)N(CCCN2CCCCC2C)Cc2ncc(-c3ccccc3)s2)cc(CO)c1CO. The van der Waals surface area contributed by atoms with E-state index in [0.717, 1.165) is 35.0 Å². The Morgan fingerprint density at radius 3 is 2.70 bits per heavy atom. The number of benzene rings is 2. The molecule has 1 aliphatic heterocycles. The molecular formula is C29H37N3O4S. The molecule has 2 N–H and O–H groups in total. The summed E-state index contributed by atoms with van der Waals surface area (Å²) in [5.41, 5.74) is 2.54. The minimum absolute atomic E-state index is 0.138. The van der Waals surface area contributed by atoms with Gasteiger partial charge >= 0.3 is 0 Å². The van der Waals surface area contributed by atoms with Crippen LogP contribution in [-0.2, 0) is 19.8 Å². The second kappa shape index (κ2) is 13.1. The third kappa shape index (κ3) is 6.76. The second-order valence-electron chi connectivity index (χ2n) is 9.58. The Labute approximate surface area is 223 Å². The number of amides is 1. The largest absolute Gasteiger partial charge is 0.496 e. The summed E-state index contributed by atoms with van der Waals surface area (Å²) >= 11 is 1.60. The molecule has 0 aliphatic carbocycles. The summed E-state index contributed by atoms with van der Waals surface area (Å²) in [6, 6.07) is 14.0. The van der Waals surface area contributed by atoms with E-state index in [1.54, 1.807) is 23.5 Å². The number of likely N-dealkylation sites (tertiary alicyclic amines) is 1. The van der Waals surface area contributed by atoms with Crippen LogP contribution in [0.5, 0.6) is 5.75 Å². The van der Waals surface area contributed by atoms with Gasteiger partial charge < -0.3 is 24.7 Å². The number of thiazole rings is 1. The van der Waals surface area contributed by atoms with Crippen molar-refractivity contribution in [3.05, 3.63) is 70.4 Å². The molecular weight excluding hydrogens is 486 g/mol. The quantitative estimate of drug-likeness (QED) is 0.379. The van der Waals surface area contributed by atoms with Crippen LogP contribution in [0.2, 0.25) is 0 Å². The van der Waals surface area contributed by atoms with Gasteiger partial charge in [-0.2, -0.15) is 0 Å². The Morgan fingerprint density at radius 2 is 2.00 bits per heavy atom. The van der Waals surface area contributed by atoms with E-state index in [2.05, 4.69) is 28.9 Å². The summed E-state index contributed by atoms with van der Waals surface area (Å²) in [4.78, 5) is 23.9. The van der Waals surface area contributed by atoms with Crippen LogP contribution in [0.15, 0.2) is 48.7 Å². The fraction of sp³-hybridized carbons (Fsp3) is 0.448. The monoisotopic (exact) mass is 523 g/mol. The molecule has 0 saturated carbocycles. The maximum Gasteiger partial charge on any atom is 0.254 e. The van der Waals surface area contributed by atoms with Crippen LogP contribution in [0, 0.1) is 0 Å². The maximum absolute atomic E-state index is 13.8. The average molecular weight is 524 g/mol. The van der Waals surface area contributed by atoms with Crippen LogP contribution in [-0.4, -0.2) is 63.7 Å². The van der Waals surface area contributed by atoms with Gasteiger partial charge in [-0.1, -0.05) is 36.8 Å². The summed E-state index contributed by atoms with van der Waals surface area (Å²) in [7, 11) is 1.50. The van der Waals surface area contributed by atoms with Gasteiger partial charge in [-0.15, -0.1) is 11.3 Å². The molecule has 1 saturated heterocycles. The van der Waals surface area contributed by atoms with Gasteiger partial charge in [0.15, 0.2) is 0 Å². The van der Waals surface area contributed by atoms with Crippen LogP contribution >= 0.6 is 11.3 Å². The first-order chi connectivity index (χ1) is 18.0. The fourth-order valence-electron chi connectivity index (χ4n) is 5.00. The Hall–Kier alpha value is -2.78. The summed E-state index contributed by atoms with van der Waals surface area (Å²) in [5.74, 6) is 0.265. The number of hydrogen-bond acceptors (Lipinski definition) is 7. The van der Waals surface area contributed by atoms with Crippen molar-refractivity contribution in [3.8, 4) is 16.2 Å². The zero-order valence-electron chi connectivity index (χ0n) is 21.7. The number of ether oxygens (including phenoxy) is 1. The van der Waals surface area contributed by atoms with Gasteiger partial charge in [-0.25, -0.2) is 4.98 Å². The van der Waals surface area contributed by atoms with E-state index in [9.17, 15) is 15.0 Å². The number of hydrogen-bond donors (Lipinski definition) is 2. The van der Waals surface area contributed by atoms with Crippen molar-refractivity contribution >= 4 is 17.2 Å². The number of carbonyl (C=O) groups excluding carboxylic acids is 1. The minimum atomic E-state index is -0.285. The lowest BCUT2D eigenvalue weighted by atomic mass is 10.0. The fourth-order valence-corrected chi connectivity index (χ4v) is 5.94. The Morgan fingerprint density at radius 1 is 1.19 bits per heavy atom. The Kier molecular flexibility index (Phi) is 9.68. The number of methoxy groups -OCH3 is 1.